The lowest BCUT2D eigenvalue weighted by Gasteiger charge is -2.06. The normalized spacial score (nSPS) is 13.2. The van der Waals surface area contributed by atoms with Gasteiger partial charge in [-0.3, -0.25) is 4.79 Å². The molecule has 0 aliphatic heterocycles. The van der Waals surface area contributed by atoms with Crippen LogP contribution in [0.1, 0.15) is 27.9 Å². The molecular formula is C19H16N2OS. The van der Waals surface area contributed by atoms with Crippen LogP contribution in [0.4, 0.5) is 0 Å². The molecule has 0 N–H and O–H groups in total. The zero-order chi connectivity index (χ0) is 15.6. The van der Waals surface area contributed by atoms with Crippen LogP contribution in [0.25, 0.3) is 10.8 Å². The first-order valence-corrected chi connectivity index (χ1v) is 8.78. The highest BCUT2D eigenvalue weighted by Gasteiger charge is 2.15. The topological polar surface area (TPSA) is 42.9 Å². The number of thioether (sulfide) groups is 1. The van der Waals surface area contributed by atoms with Crippen LogP contribution in [0, 0.1) is 0 Å². The Labute approximate surface area is 139 Å². The number of carbonyl (C=O) groups is 1. The average molecular weight is 320 g/mol. The monoisotopic (exact) mass is 320 g/mol. The summed E-state index contributed by atoms with van der Waals surface area (Å²) in [4.78, 5) is 12.5. The van der Waals surface area contributed by atoms with E-state index in [-0.39, 0.29) is 5.78 Å². The SMILES string of the molecule is O=C(CSc1nncc2ccccc12)c1ccc2c(c1)CCC2. The van der Waals surface area contributed by atoms with Crippen molar-refractivity contribution in [1.82, 2.24) is 10.2 Å². The molecule has 0 saturated heterocycles. The highest BCUT2D eigenvalue weighted by Crippen LogP contribution is 2.27. The van der Waals surface area contributed by atoms with E-state index in [9.17, 15) is 4.79 Å². The Kier molecular flexibility index (Phi) is 3.83. The van der Waals surface area contributed by atoms with Crippen molar-refractivity contribution in [3.63, 3.8) is 0 Å². The van der Waals surface area contributed by atoms with Gasteiger partial charge in [0.2, 0.25) is 0 Å². The third kappa shape index (κ3) is 2.86. The smallest absolute Gasteiger partial charge is 0.173 e. The Morgan fingerprint density at radius 1 is 1.09 bits per heavy atom. The molecule has 0 bridgehead atoms. The fourth-order valence-corrected chi connectivity index (χ4v) is 3.95. The number of Topliss-reactive ketones (excluding diaryl/α,β-unsaturated/α-hetero) is 1. The number of ketones is 1. The van der Waals surface area contributed by atoms with Crippen LogP contribution in [-0.2, 0) is 12.8 Å². The molecule has 1 heterocycles. The van der Waals surface area contributed by atoms with Gasteiger partial charge >= 0.3 is 0 Å². The summed E-state index contributed by atoms with van der Waals surface area (Å²) in [6.07, 6.45) is 5.19. The van der Waals surface area contributed by atoms with Crippen molar-refractivity contribution in [2.24, 2.45) is 0 Å². The van der Waals surface area contributed by atoms with Crippen LogP contribution >= 0.6 is 11.8 Å². The number of hydrogen-bond acceptors (Lipinski definition) is 4. The van der Waals surface area contributed by atoms with E-state index in [2.05, 4.69) is 22.3 Å². The molecule has 4 heteroatoms. The number of benzene rings is 2. The van der Waals surface area contributed by atoms with Crippen molar-refractivity contribution in [3.05, 3.63) is 65.4 Å². The van der Waals surface area contributed by atoms with Crippen molar-refractivity contribution in [1.29, 1.82) is 0 Å². The minimum atomic E-state index is 0.152. The Morgan fingerprint density at radius 2 is 1.96 bits per heavy atom. The van der Waals surface area contributed by atoms with E-state index in [4.69, 9.17) is 0 Å². The third-order valence-electron chi connectivity index (χ3n) is 4.30. The van der Waals surface area contributed by atoms with Crippen molar-refractivity contribution in [3.8, 4) is 0 Å². The molecule has 3 nitrogen and oxygen atoms in total. The van der Waals surface area contributed by atoms with Crippen LogP contribution in [0.5, 0.6) is 0 Å². The highest BCUT2D eigenvalue weighted by atomic mass is 32.2. The van der Waals surface area contributed by atoms with Gasteiger partial charge in [0.15, 0.2) is 5.78 Å². The van der Waals surface area contributed by atoms with Crippen LogP contribution in [-0.4, -0.2) is 21.7 Å². The van der Waals surface area contributed by atoms with E-state index in [0.717, 1.165) is 34.2 Å². The van der Waals surface area contributed by atoms with Crippen molar-refractivity contribution >= 4 is 28.3 Å². The fourth-order valence-electron chi connectivity index (χ4n) is 3.07. The van der Waals surface area contributed by atoms with Gasteiger partial charge in [-0.2, -0.15) is 5.10 Å². The summed E-state index contributed by atoms with van der Waals surface area (Å²) in [5, 5.41) is 11.1. The van der Waals surface area contributed by atoms with E-state index in [0.29, 0.717) is 5.75 Å². The highest BCUT2D eigenvalue weighted by molar-refractivity contribution is 8.00. The van der Waals surface area contributed by atoms with E-state index in [1.807, 2.05) is 30.3 Å². The second kappa shape index (κ2) is 6.13. The number of nitrogens with zero attached hydrogens (tertiary/aromatic N) is 2. The molecule has 1 aromatic heterocycles. The van der Waals surface area contributed by atoms with Crippen LogP contribution in [0.2, 0.25) is 0 Å². The quantitative estimate of drug-likeness (QED) is 0.536. The summed E-state index contributed by atoms with van der Waals surface area (Å²) in [6, 6.07) is 14.1. The van der Waals surface area contributed by atoms with Gasteiger partial charge in [-0.1, -0.05) is 48.2 Å². The first-order chi connectivity index (χ1) is 11.3. The van der Waals surface area contributed by atoms with Gasteiger partial charge < -0.3 is 0 Å². The molecule has 0 spiro atoms. The van der Waals surface area contributed by atoms with E-state index >= 15 is 0 Å². The Bertz CT molecular complexity index is 886. The van der Waals surface area contributed by atoms with Crippen LogP contribution < -0.4 is 0 Å². The lowest BCUT2D eigenvalue weighted by molar-refractivity contribution is 0.102. The predicted molar refractivity (Wildman–Crippen MR) is 93.1 cm³/mol. The van der Waals surface area contributed by atoms with Gasteiger partial charge in [0.1, 0.15) is 5.03 Å². The van der Waals surface area contributed by atoms with E-state index in [1.165, 1.54) is 29.3 Å². The number of aryl methyl sites for hydroxylation is 2. The first-order valence-electron chi connectivity index (χ1n) is 7.79. The van der Waals surface area contributed by atoms with Gasteiger partial charge in [-0.05, 0) is 36.5 Å². The molecule has 0 fully saturated rings. The molecule has 0 atom stereocenters. The molecule has 2 aromatic carbocycles. The van der Waals surface area contributed by atoms with Crippen molar-refractivity contribution < 1.29 is 4.79 Å². The Morgan fingerprint density at radius 3 is 2.91 bits per heavy atom. The molecule has 1 aliphatic carbocycles. The average Bonchev–Trinajstić information content (AvgIpc) is 3.07. The molecule has 114 valence electrons. The summed E-state index contributed by atoms with van der Waals surface area (Å²) in [6.45, 7) is 0. The number of carbonyl (C=O) groups excluding carboxylic acids is 1. The minimum Gasteiger partial charge on any atom is -0.293 e. The van der Waals surface area contributed by atoms with Crippen LogP contribution in [0.3, 0.4) is 0 Å². The number of aromatic nitrogens is 2. The Balaban J connectivity index is 1.53. The van der Waals surface area contributed by atoms with Crippen LogP contribution in [0.15, 0.2) is 53.7 Å². The van der Waals surface area contributed by atoms with Gasteiger partial charge in [0, 0.05) is 16.3 Å². The molecule has 23 heavy (non-hydrogen) atoms. The van der Waals surface area contributed by atoms with E-state index in [1.54, 1.807) is 6.20 Å². The summed E-state index contributed by atoms with van der Waals surface area (Å²) in [5.41, 5.74) is 3.55. The number of hydrogen-bond donors (Lipinski definition) is 0. The minimum absolute atomic E-state index is 0.152. The number of fused-ring (bicyclic) bond motifs is 2. The second-order valence-electron chi connectivity index (χ2n) is 5.79. The molecule has 0 unspecified atom stereocenters. The van der Waals surface area contributed by atoms with Crippen molar-refractivity contribution in [2.75, 3.05) is 5.75 Å². The van der Waals surface area contributed by atoms with Gasteiger partial charge in [-0.25, -0.2) is 0 Å². The molecular weight excluding hydrogens is 304 g/mol. The second-order valence-corrected chi connectivity index (χ2v) is 6.75. The lowest BCUT2D eigenvalue weighted by Crippen LogP contribution is -2.04. The largest absolute Gasteiger partial charge is 0.293 e. The Hall–Kier alpha value is -2.20. The molecule has 4 rings (SSSR count). The van der Waals surface area contributed by atoms with Gasteiger partial charge in [0.25, 0.3) is 0 Å². The fraction of sp³-hybridized carbons (Fsp3) is 0.211. The third-order valence-corrected chi connectivity index (χ3v) is 5.28. The number of rotatable bonds is 4. The molecule has 3 aromatic rings. The first kappa shape index (κ1) is 14.4. The standard InChI is InChI=1S/C19H16N2OS/c22-18(15-9-8-13-5-3-6-14(13)10-15)12-23-19-17-7-2-1-4-16(17)11-20-21-19/h1-2,4,7-11H,3,5-6,12H2. The van der Waals surface area contributed by atoms with E-state index < -0.39 is 0 Å². The molecule has 0 amide bonds. The maximum absolute atomic E-state index is 12.5. The molecule has 1 aliphatic rings. The maximum Gasteiger partial charge on any atom is 0.173 e. The summed E-state index contributed by atoms with van der Waals surface area (Å²) >= 11 is 1.46. The summed E-state index contributed by atoms with van der Waals surface area (Å²) < 4.78 is 0. The predicted octanol–water partition coefficient (Wildman–Crippen LogP) is 4.09. The maximum atomic E-state index is 12.5. The van der Waals surface area contributed by atoms with Gasteiger partial charge in [-0.15, -0.1) is 5.10 Å². The zero-order valence-corrected chi connectivity index (χ0v) is 13.5. The lowest BCUT2D eigenvalue weighted by atomic mass is 10.0. The molecule has 0 saturated carbocycles. The summed E-state index contributed by atoms with van der Waals surface area (Å²) in [7, 11) is 0. The zero-order valence-electron chi connectivity index (χ0n) is 12.7. The summed E-state index contributed by atoms with van der Waals surface area (Å²) in [5.74, 6) is 0.543. The van der Waals surface area contributed by atoms with Crippen molar-refractivity contribution in [2.45, 2.75) is 24.3 Å². The van der Waals surface area contributed by atoms with Gasteiger partial charge in [0.05, 0.1) is 11.9 Å². The molecule has 0 radical (unpaired) electrons.